The van der Waals surface area contributed by atoms with Crippen LogP contribution in [0.1, 0.15) is 26.7 Å². The van der Waals surface area contributed by atoms with Crippen LogP contribution in [-0.4, -0.2) is 35.2 Å². The minimum Gasteiger partial charge on any atom is -0.392 e. The Balaban J connectivity index is 2.31. The van der Waals surface area contributed by atoms with E-state index in [2.05, 4.69) is 18.7 Å². The first-order valence-corrected chi connectivity index (χ1v) is 4.16. The first-order chi connectivity index (χ1) is 4.74. The Labute approximate surface area is 62.8 Å². The fraction of sp³-hybridized carbons (Fsp3) is 1.00. The zero-order chi connectivity index (χ0) is 7.56. The second-order valence-electron chi connectivity index (χ2n) is 3.23. The lowest BCUT2D eigenvalue weighted by Crippen LogP contribution is -2.28. The third-order valence-electron chi connectivity index (χ3n) is 2.19. The van der Waals surface area contributed by atoms with Gasteiger partial charge < -0.3 is 5.11 Å². The van der Waals surface area contributed by atoms with Crippen LogP contribution in [0.15, 0.2) is 0 Å². The molecule has 0 aromatic carbocycles. The highest BCUT2D eigenvalue weighted by Gasteiger charge is 2.25. The van der Waals surface area contributed by atoms with E-state index >= 15 is 0 Å². The van der Waals surface area contributed by atoms with Crippen molar-refractivity contribution in [2.24, 2.45) is 0 Å². The summed E-state index contributed by atoms with van der Waals surface area (Å²) in [6.45, 7) is 6.39. The fourth-order valence-corrected chi connectivity index (χ4v) is 1.67. The molecule has 1 aliphatic heterocycles. The van der Waals surface area contributed by atoms with Gasteiger partial charge in [0.2, 0.25) is 0 Å². The van der Waals surface area contributed by atoms with Crippen molar-refractivity contribution in [3.05, 3.63) is 0 Å². The molecule has 1 aliphatic rings. The molecular weight excluding hydrogens is 126 g/mol. The number of rotatable bonds is 2. The van der Waals surface area contributed by atoms with Crippen molar-refractivity contribution >= 4 is 0 Å². The van der Waals surface area contributed by atoms with E-state index in [9.17, 15) is 5.11 Å². The monoisotopic (exact) mass is 143 g/mol. The predicted octanol–water partition coefficient (Wildman–Crippen LogP) is 0.852. The van der Waals surface area contributed by atoms with E-state index in [-0.39, 0.29) is 6.10 Å². The lowest BCUT2D eigenvalue weighted by molar-refractivity contribution is 0.175. The summed E-state index contributed by atoms with van der Waals surface area (Å²) < 4.78 is 0. The summed E-state index contributed by atoms with van der Waals surface area (Å²) in [6.07, 6.45) is 2.08. The van der Waals surface area contributed by atoms with E-state index in [4.69, 9.17) is 0 Å². The zero-order valence-corrected chi connectivity index (χ0v) is 6.88. The van der Waals surface area contributed by atoms with Crippen LogP contribution in [0.3, 0.4) is 0 Å². The van der Waals surface area contributed by atoms with Crippen molar-refractivity contribution < 1.29 is 5.11 Å². The van der Waals surface area contributed by atoms with Gasteiger partial charge in [-0.15, -0.1) is 0 Å². The molecule has 0 spiro atoms. The molecular formula is C8H17NO. The molecule has 0 aromatic heterocycles. The first kappa shape index (κ1) is 8.02. The summed E-state index contributed by atoms with van der Waals surface area (Å²) >= 11 is 0. The van der Waals surface area contributed by atoms with Gasteiger partial charge in [-0.25, -0.2) is 0 Å². The Morgan fingerprint density at radius 3 is 2.70 bits per heavy atom. The molecule has 0 saturated carbocycles. The molecule has 2 nitrogen and oxygen atoms in total. The van der Waals surface area contributed by atoms with Crippen LogP contribution in [0.2, 0.25) is 0 Å². The molecule has 1 N–H and O–H groups in total. The van der Waals surface area contributed by atoms with Gasteiger partial charge >= 0.3 is 0 Å². The number of hydrogen-bond acceptors (Lipinski definition) is 2. The summed E-state index contributed by atoms with van der Waals surface area (Å²) in [6, 6.07) is 0.593. The van der Waals surface area contributed by atoms with Crippen LogP contribution >= 0.6 is 0 Å². The Kier molecular flexibility index (Phi) is 2.69. The highest BCUT2D eigenvalue weighted by Crippen LogP contribution is 2.16. The van der Waals surface area contributed by atoms with Gasteiger partial charge in [0.25, 0.3) is 0 Å². The zero-order valence-electron chi connectivity index (χ0n) is 6.88. The van der Waals surface area contributed by atoms with Gasteiger partial charge in [0, 0.05) is 12.6 Å². The lowest BCUT2D eigenvalue weighted by Gasteiger charge is -2.18. The van der Waals surface area contributed by atoms with Crippen molar-refractivity contribution in [2.75, 3.05) is 13.1 Å². The molecule has 0 bridgehead atoms. The van der Waals surface area contributed by atoms with Crippen LogP contribution in [0.25, 0.3) is 0 Å². The smallest absolute Gasteiger partial charge is 0.0682 e. The second-order valence-corrected chi connectivity index (χ2v) is 3.23. The average Bonchev–Trinajstić information content (AvgIpc) is 2.13. The van der Waals surface area contributed by atoms with Crippen LogP contribution in [0.5, 0.6) is 0 Å². The van der Waals surface area contributed by atoms with Crippen molar-refractivity contribution in [3.8, 4) is 0 Å². The second kappa shape index (κ2) is 3.35. The topological polar surface area (TPSA) is 23.5 Å². The first-order valence-electron chi connectivity index (χ1n) is 4.16. The van der Waals surface area contributed by atoms with Gasteiger partial charge in [0.05, 0.1) is 6.10 Å². The standard InChI is InChI=1S/C8H17NO/c1-3-4-9-6-8(10)5-7(9)2/h7-8,10H,3-6H2,1-2H3/t7-,8+/m1/s1. The minimum absolute atomic E-state index is 0.0680. The largest absolute Gasteiger partial charge is 0.392 e. The molecule has 0 radical (unpaired) electrons. The molecule has 1 fully saturated rings. The molecule has 10 heavy (non-hydrogen) atoms. The maximum Gasteiger partial charge on any atom is 0.0682 e. The number of likely N-dealkylation sites (tertiary alicyclic amines) is 1. The lowest BCUT2D eigenvalue weighted by atomic mass is 10.2. The van der Waals surface area contributed by atoms with Crippen molar-refractivity contribution in [3.63, 3.8) is 0 Å². The van der Waals surface area contributed by atoms with E-state index in [0.29, 0.717) is 6.04 Å². The quantitative estimate of drug-likeness (QED) is 0.619. The van der Waals surface area contributed by atoms with Crippen LogP contribution < -0.4 is 0 Å². The SMILES string of the molecule is CCCN1C[C@@H](O)C[C@H]1C. The molecule has 0 unspecified atom stereocenters. The summed E-state index contributed by atoms with van der Waals surface area (Å²) in [7, 11) is 0. The predicted molar refractivity (Wildman–Crippen MR) is 41.9 cm³/mol. The summed E-state index contributed by atoms with van der Waals surface area (Å²) in [5, 5.41) is 9.25. The summed E-state index contributed by atoms with van der Waals surface area (Å²) in [5.74, 6) is 0. The fourth-order valence-electron chi connectivity index (χ4n) is 1.67. The van der Waals surface area contributed by atoms with Crippen molar-refractivity contribution in [2.45, 2.75) is 38.8 Å². The number of aliphatic hydroxyl groups is 1. The molecule has 2 heteroatoms. The third-order valence-corrected chi connectivity index (χ3v) is 2.19. The number of β-amino-alcohol motifs (C(OH)–C–C–N with tert-alkyl or cyclic N) is 1. The van der Waals surface area contributed by atoms with Crippen LogP contribution in [-0.2, 0) is 0 Å². The van der Waals surface area contributed by atoms with Gasteiger partial charge in [-0.3, -0.25) is 4.90 Å². The van der Waals surface area contributed by atoms with E-state index in [1.54, 1.807) is 0 Å². The maximum atomic E-state index is 9.25. The molecule has 1 rings (SSSR count). The normalized spacial score (nSPS) is 35.1. The van der Waals surface area contributed by atoms with E-state index in [1.165, 1.54) is 6.42 Å². The van der Waals surface area contributed by atoms with E-state index in [1.807, 2.05) is 0 Å². The Morgan fingerprint density at radius 2 is 2.30 bits per heavy atom. The molecule has 1 saturated heterocycles. The summed E-state index contributed by atoms with van der Waals surface area (Å²) in [4.78, 5) is 2.35. The van der Waals surface area contributed by atoms with Gasteiger partial charge in [0.15, 0.2) is 0 Å². The Hall–Kier alpha value is -0.0800. The molecule has 1 heterocycles. The minimum atomic E-state index is -0.0680. The van der Waals surface area contributed by atoms with Crippen molar-refractivity contribution in [1.29, 1.82) is 0 Å². The highest BCUT2D eigenvalue weighted by atomic mass is 16.3. The Morgan fingerprint density at radius 1 is 1.60 bits per heavy atom. The molecule has 60 valence electrons. The van der Waals surface area contributed by atoms with E-state index in [0.717, 1.165) is 19.5 Å². The molecule has 0 aliphatic carbocycles. The molecule has 0 aromatic rings. The van der Waals surface area contributed by atoms with Gasteiger partial charge in [-0.1, -0.05) is 6.92 Å². The third kappa shape index (κ3) is 1.70. The number of aliphatic hydroxyl groups excluding tert-OH is 1. The molecule has 0 amide bonds. The van der Waals surface area contributed by atoms with Crippen LogP contribution in [0, 0.1) is 0 Å². The average molecular weight is 143 g/mol. The Bertz CT molecular complexity index is 105. The number of hydrogen-bond donors (Lipinski definition) is 1. The van der Waals surface area contributed by atoms with E-state index < -0.39 is 0 Å². The van der Waals surface area contributed by atoms with Gasteiger partial charge in [-0.2, -0.15) is 0 Å². The summed E-state index contributed by atoms with van der Waals surface area (Å²) in [5.41, 5.74) is 0. The van der Waals surface area contributed by atoms with Gasteiger partial charge in [0.1, 0.15) is 0 Å². The number of nitrogens with zero attached hydrogens (tertiary/aromatic N) is 1. The molecule has 2 atom stereocenters. The maximum absolute atomic E-state index is 9.25. The van der Waals surface area contributed by atoms with Crippen LogP contribution in [0.4, 0.5) is 0 Å². The van der Waals surface area contributed by atoms with Gasteiger partial charge in [-0.05, 0) is 26.3 Å². The van der Waals surface area contributed by atoms with Crippen molar-refractivity contribution in [1.82, 2.24) is 4.90 Å². The highest BCUT2D eigenvalue weighted by molar-refractivity contribution is 4.81.